The predicted octanol–water partition coefficient (Wildman–Crippen LogP) is 0.0305. The molecular weight excluding hydrogens is 224 g/mol. The molecule has 0 radical (unpaired) electrons. The highest BCUT2D eigenvalue weighted by Crippen LogP contribution is 2.16. The summed E-state index contributed by atoms with van der Waals surface area (Å²) in [5.74, 6) is -1.10. The topological polar surface area (TPSA) is 107 Å². The third-order valence-corrected chi connectivity index (χ3v) is 2.31. The molecule has 0 aromatic carbocycles. The van der Waals surface area contributed by atoms with E-state index in [1.165, 1.54) is 23.4 Å². The van der Waals surface area contributed by atoms with Gasteiger partial charge in [-0.25, -0.2) is 4.98 Å². The second-order valence-corrected chi connectivity index (χ2v) is 3.35. The number of nitrogens with zero attached hydrogens (tertiary/aromatic N) is 6. The first kappa shape index (κ1) is 11.1. The van der Waals surface area contributed by atoms with Crippen molar-refractivity contribution in [3.8, 4) is 5.82 Å². The lowest BCUT2D eigenvalue weighted by atomic mass is 10.0. The van der Waals surface area contributed by atoms with Crippen molar-refractivity contribution >= 4 is 5.97 Å². The van der Waals surface area contributed by atoms with Crippen molar-refractivity contribution in [1.82, 2.24) is 30.2 Å². The van der Waals surface area contributed by atoms with Gasteiger partial charge in [0, 0.05) is 0 Å². The molecule has 1 N–H and O–H groups in total. The molecule has 2 heterocycles. The van der Waals surface area contributed by atoms with Crippen molar-refractivity contribution in [2.24, 2.45) is 0 Å². The Hall–Kier alpha value is -2.38. The normalized spacial score (nSPS) is 12.3. The summed E-state index contributed by atoms with van der Waals surface area (Å²) >= 11 is 0. The molecule has 17 heavy (non-hydrogen) atoms. The van der Waals surface area contributed by atoms with Crippen LogP contribution in [0.1, 0.15) is 25.0 Å². The zero-order valence-corrected chi connectivity index (χ0v) is 9.06. The Morgan fingerprint density at radius 1 is 1.47 bits per heavy atom. The van der Waals surface area contributed by atoms with Gasteiger partial charge in [-0.15, -0.1) is 5.10 Å². The molecule has 0 bridgehead atoms. The van der Waals surface area contributed by atoms with Crippen LogP contribution >= 0.6 is 0 Å². The Labute approximate surface area is 96.3 Å². The van der Waals surface area contributed by atoms with Gasteiger partial charge in [0.2, 0.25) is 0 Å². The number of tetrazole rings is 1. The van der Waals surface area contributed by atoms with Crippen LogP contribution in [-0.2, 0) is 4.79 Å². The molecule has 1 unspecified atom stereocenters. The lowest BCUT2D eigenvalue weighted by molar-refractivity contribution is -0.138. The molecule has 1 atom stereocenters. The maximum absolute atomic E-state index is 10.9. The van der Waals surface area contributed by atoms with Gasteiger partial charge in [-0.3, -0.25) is 9.78 Å². The fraction of sp³-hybridized carbons (Fsp3) is 0.333. The third kappa shape index (κ3) is 2.25. The molecule has 0 saturated heterocycles. The van der Waals surface area contributed by atoms with Crippen molar-refractivity contribution < 1.29 is 9.90 Å². The van der Waals surface area contributed by atoms with E-state index in [2.05, 4.69) is 25.5 Å². The molecule has 2 aromatic rings. The summed E-state index contributed by atoms with van der Waals surface area (Å²) in [4.78, 5) is 19.1. The molecule has 0 saturated carbocycles. The molecule has 0 aliphatic carbocycles. The zero-order chi connectivity index (χ0) is 12.3. The molecular formula is C9H10N6O2. The highest BCUT2D eigenvalue weighted by molar-refractivity contribution is 5.75. The molecule has 0 spiro atoms. The van der Waals surface area contributed by atoms with Gasteiger partial charge < -0.3 is 5.11 Å². The lowest BCUT2D eigenvalue weighted by Gasteiger charge is -2.08. The number of carboxylic acids is 1. The molecule has 2 aromatic heterocycles. The molecule has 0 aliphatic heterocycles. The van der Waals surface area contributed by atoms with Crippen LogP contribution in [-0.4, -0.2) is 41.3 Å². The van der Waals surface area contributed by atoms with Gasteiger partial charge >= 0.3 is 5.97 Å². The summed E-state index contributed by atoms with van der Waals surface area (Å²) in [5, 5.41) is 19.6. The highest BCUT2D eigenvalue weighted by atomic mass is 16.4. The van der Waals surface area contributed by atoms with E-state index in [1.54, 1.807) is 6.92 Å². The Bertz CT molecular complexity index is 495. The van der Waals surface area contributed by atoms with Crippen LogP contribution in [0.15, 0.2) is 18.7 Å². The van der Waals surface area contributed by atoms with Gasteiger partial charge in [0.05, 0.1) is 18.1 Å². The van der Waals surface area contributed by atoms with E-state index < -0.39 is 11.9 Å². The number of carbonyl (C=O) groups is 1. The largest absolute Gasteiger partial charge is 0.481 e. The number of aromatic nitrogens is 6. The van der Waals surface area contributed by atoms with E-state index in [-0.39, 0.29) is 0 Å². The van der Waals surface area contributed by atoms with Gasteiger partial charge in [-0.2, -0.15) is 4.68 Å². The zero-order valence-electron chi connectivity index (χ0n) is 9.06. The van der Waals surface area contributed by atoms with E-state index in [4.69, 9.17) is 5.11 Å². The smallest absolute Gasteiger partial charge is 0.312 e. The van der Waals surface area contributed by atoms with Gasteiger partial charge in [-0.05, 0) is 16.8 Å². The van der Waals surface area contributed by atoms with Crippen LogP contribution in [0, 0.1) is 0 Å². The predicted molar refractivity (Wildman–Crippen MR) is 55.4 cm³/mol. The minimum atomic E-state index is -0.906. The molecule has 0 amide bonds. The van der Waals surface area contributed by atoms with E-state index in [0.29, 0.717) is 17.9 Å². The van der Waals surface area contributed by atoms with E-state index in [1.807, 2.05) is 0 Å². The van der Waals surface area contributed by atoms with Crippen molar-refractivity contribution in [1.29, 1.82) is 0 Å². The Kier molecular flexibility index (Phi) is 3.03. The van der Waals surface area contributed by atoms with Gasteiger partial charge in [0.1, 0.15) is 12.2 Å². The second-order valence-electron chi connectivity index (χ2n) is 3.35. The van der Waals surface area contributed by atoms with E-state index in [0.717, 1.165) is 0 Å². The van der Waals surface area contributed by atoms with Crippen LogP contribution in [0.3, 0.4) is 0 Å². The number of carboxylic acid groups (broad SMARTS) is 1. The summed E-state index contributed by atoms with van der Waals surface area (Å²) in [6, 6.07) is 0. The summed E-state index contributed by atoms with van der Waals surface area (Å²) in [6.45, 7) is 1.79. The van der Waals surface area contributed by atoms with Crippen LogP contribution in [0.4, 0.5) is 0 Å². The Balaban J connectivity index is 2.26. The summed E-state index contributed by atoms with van der Waals surface area (Å²) < 4.78 is 1.35. The molecule has 0 fully saturated rings. The van der Waals surface area contributed by atoms with Crippen molar-refractivity contribution in [3.05, 3.63) is 24.4 Å². The molecule has 8 nitrogen and oxygen atoms in total. The van der Waals surface area contributed by atoms with Crippen molar-refractivity contribution in [2.75, 3.05) is 0 Å². The molecule has 2 rings (SSSR count). The highest BCUT2D eigenvalue weighted by Gasteiger charge is 2.19. The minimum absolute atomic E-state index is 0.428. The van der Waals surface area contributed by atoms with Crippen molar-refractivity contribution in [2.45, 2.75) is 19.3 Å². The molecule has 8 heteroatoms. The maximum Gasteiger partial charge on any atom is 0.312 e. The van der Waals surface area contributed by atoms with Gasteiger partial charge in [0.15, 0.2) is 5.82 Å². The first-order valence-electron chi connectivity index (χ1n) is 5.00. The average Bonchev–Trinajstić information content (AvgIpc) is 2.84. The maximum atomic E-state index is 10.9. The van der Waals surface area contributed by atoms with Crippen LogP contribution < -0.4 is 0 Å². The first-order chi connectivity index (χ1) is 8.22. The van der Waals surface area contributed by atoms with Crippen LogP contribution in [0.2, 0.25) is 0 Å². The summed E-state index contributed by atoms with van der Waals surface area (Å²) in [7, 11) is 0. The molecule has 88 valence electrons. The first-order valence-corrected chi connectivity index (χ1v) is 5.00. The Morgan fingerprint density at radius 3 is 2.76 bits per heavy atom. The quantitative estimate of drug-likeness (QED) is 0.795. The van der Waals surface area contributed by atoms with Gasteiger partial charge in [-0.1, -0.05) is 6.92 Å². The van der Waals surface area contributed by atoms with E-state index in [9.17, 15) is 4.79 Å². The van der Waals surface area contributed by atoms with E-state index >= 15 is 0 Å². The Morgan fingerprint density at radius 2 is 2.29 bits per heavy atom. The van der Waals surface area contributed by atoms with Crippen molar-refractivity contribution in [3.63, 3.8) is 0 Å². The SMILES string of the molecule is CCC(C(=O)O)c1cnc(-n2cnnn2)cn1. The number of hydrogen-bond acceptors (Lipinski definition) is 6. The van der Waals surface area contributed by atoms with Crippen LogP contribution in [0.25, 0.3) is 5.82 Å². The van der Waals surface area contributed by atoms with Crippen LogP contribution in [0.5, 0.6) is 0 Å². The number of aliphatic carboxylic acids is 1. The number of hydrogen-bond donors (Lipinski definition) is 1. The minimum Gasteiger partial charge on any atom is -0.481 e. The summed E-state index contributed by atoms with van der Waals surface area (Å²) in [5.41, 5.74) is 0.428. The lowest BCUT2D eigenvalue weighted by Crippen LogP contribution is -2.13. The number of rotatable bonds is 4. The fourth-order valence-electron chi connectivity index (χ4n) is 1.41. The molecule has 0 aliphatic rings. The average molecular weight is 234 g/mol. The standard InChI is InChI=1S/C9H10N6O2/c1-2-6(9(16)17)7-3-11-8(4-10-7)15-5-12-13-14-15/h3-6H,2H2,1H3,(H,16,17). The van der Waals surface area contributed by atoms with Gasteiger partial charge in [0.25, 0.3) is 0 Å². The second kappa shape index (κ2) is 4.64. The monoisotopic (exact) mass is 234 g/mol. The summed E-state index contributed by atoms with van der Waals surface area (Å²) in [6.07, 6.45) is 4.73. The third-order valence-electron chi connectivity index (χ3n) is 2.31. The fourth-order valence-corrected chi connectivity index (χ4v) is 1.41.